The standard InChI is InChI=1S/C21H32N4O4/c1-28-19-6-3-2-5-17(19)16-25-10-8-23-21(27)18(25)15-20(26)22-7-4-9-24-11-13-29-14-12-24/h2-3,5-6,18H,4,7-16H2,1H3,(H,22,26)(H,23,27). The molecule has 2 N–H and O–H groups in total. The molecule has 0 aromatic heterocycles. The van der Waals surface area contributed by atoms with E-state index in [1.54, 1.807) is 7.11 Å². The molecule has 2 heterocycles. The highest BCUT2D eigenvalue weighted by atomic mass is 16.5. The average molecular weight is 405 g/mol. The van der Waals surface area contributed by atoms with Gasteiger partial charge in [0.2, 0.25) is 11.8 Å². The van der Waals surface area contributed by atoms with Crippen molar-refractivity contribution in [3.8, 4) is 5.75 Å². The number of ether oxygens (including phenoxy) is 2. The van der Waals surface area contributed by atoms with Crippen molar-refractivity contribution in [3.63, 3.8) is 0 Å². The molecule has 1 aromatic carbocycles. The van der Waals surface area contributed by atoms with Crippen molar-refractivity contribution >= 4 is 11.8 Å². The van der Waals surface area contributed by atoms with Crippen molar-refractivity contribution in [1.82, 2.24) is 20.4 Å². The van der Waals surface area contributed by atoms with Crippen LogP contribution in [0.3, 0.4) is 0 Å². The number of nitrogens with zero attached hydrogens (tertiary/aromatic N) is 2. The van der Waals surface area contributed by atoms with E-state index in [0.717, 1.165) is 50.6 Å². The number of carbonyl (C=O) groups is 2. The summed E-state index contributed by atoms with van der Waals surface area (Å²) in [4.78, 5) is 29.3. The summed E-state index contributed by atoms with van der Waals surface area (Å²) in [6.45, 7) is 6.92. The number of nitrogens with one attached hydrogen (secondary N) is 2. The van der Waals surface area contributed by atoms with Crippen LogP contribution in [0.1, 0.15) is 18.4 Å². The number of benzene rings is 1. The van der Waals surface area contributed by atoms with Crippen LogP contribution in [0.25, 0.3) is 0 Å². The van der Waals surface area contributed by atoms with Crippen LogP contribution in [0.2, 0.25) is 0 Å². The third-order valence-electron chi connectivity index (χ3n) is 5.46. The summed E-state index contributed by atoms with van der Waals surface area (Å²) >= 11 is 0. The SMILES string of the molecule is COc1ccccc1CN1CCNC(=O)C1CC(=O)NCCCN1CCOCC1. The highest BCUT2D eigenvalue weighted by molar-refractivity contribution is 5.88. The van der Waals surface area contributed by atoms with Crippen LogP contribution in [-0.4, -0.2) is 87.2 Å². The molecule has 0 aliphatic carbocycles. The number of piperazine rings is 1. The van der Waals surface area contributed by atoms with Crippen molar-refractivity contribution in [2.75, 3.05) is 59.6 Å². The van der Waals surface area contributed by atoms with Gasteiger partial charge in [0.05, 0.1) is 32.8 Å². The van der Waals surface area contributed by atoms with Crippen LogP contribution in [0.4, 0.5) is 0 Å². The molecule has 1 atom stereocenters. The zero-order valence-electron chi connectivity index (χ0n) is 17.2. The molecule has 29 heavy (non-hydrogen) atoms. The molecule has 2 amide bonds. The van der Waals surface area contributed by atoms with Crippen molar-refractivity contribution < 1.29 is 19.1 Å². The molecule has 160 valence electrons. The third-order valence-corrected chi connectivity index (χ3v) is 5.46. The van der Waals surface area contributed by atoms with E-state index in [-0.39, 0.29) is 18.2 Å². The summed E-state index contributed by atoms with van der Waals surface area (Å²) in [5.74, 6) is 0.624. The van der Waals surface area contributed by atoms with Gasteiger partial charge >= 0.3 is 0 Å². The van der Waals surface area contributed by atoms with Gasteiger partial charge in [0.15, 0.2) is 0 Å². The van der Waals surface area contributed by atoms with Gasteiger partial charge in [-0.25, -0.2) is 0 Å². The van der Waals surface area contributed by atoms with Crippen molar-refractivity contribution in [2.24, 2.45) is 0 Å². The van der Waals surface area contributed by atoms with Crippen molar-refractivity contribution in [2.45, 2.75) is 25.4 Å². The minimum absolute atomic E-state index is 0.0842. The molecular weight excluding hydrogens is 372 g/mol. The van der Waals surface area contributed by atoms with Gasteiger partial charge in [0.1, 0.15) is 5.75 Å². The smallest absolute Gasteiger partial charge is 0.237 e. The number of para-hydroxylation sites is 1. The molecule has 2 aliphatic heterocycles. The summed E-state index contributed by atoms with van der Waals surface area (Å²) in [6, 6.07) is 7.32. The number of hydrogen-bond acceptors (Lipinski definition) is 6. The minimum Gasteiger partial charge on any atom is -0.496 e. The van der Waals surface area contributed by atoms with Crippen LogP contribution in [0.5, 0.6) is 5.75 Å². The fourth-order valence-electron chi connectivity index (χ4n) is 3.83. The Morgan fingerprint density at radius 1 is 1.28 bits per heavy atom. The van der Waals surface area contributed by atoms with Crippen LogP contribution in [0, 0.1) is 0 Å². The van der Waals surface area contributed by atoms with Gasteiger partial charge in [0, 0.05) is 44.8 Å². The quantitative estimate of drug-likeness (QED) is 0.573. The number of morpholine rings is 1. The highest BCUT2D eigenvalue weighted by Crippen LogP contribution is 2.21. The molecule has 2 fully saturated rings. The number of amides is 2. The molecule has 0 bridgehead atoms. The Labute approximate surface area is 172 Å². The van der Waals surface area contributed by atoms with Crippen molar-refractivity contribution in [3.05, 3.63) is 29.8 Å². The van der Waals surface area contributed by atoms with Gasteiger partial charge in [-0.15, -0.1) is 0 Å². The topological polar surface area (TPSA) is 83.1 Å². The van der Waals surface area contributed by atoms with Crippen LogP contribution >= 0.6 is 0 Å². The first-order valence-electron chi connectivity index (χ1n) is 10.4. The van der Waals surface area contributed by atoms with E-state index < -0.39 is 6.04 Å². The summed E-state index contributed by atoms with van der Waals surface area (Å²) in [5.41, 5.74) is 1.01. The number of hydrogen-bond donors (Lipinski definition) is 2. The molecular formula is C21H32N4O4. The lowest BCUT2D eigenvalue weighted by molar-refractivity contribution is -0.134. The molecule has 8 heteroatoms. The molecule has 1 unspecified atom stereocenters. The van der Waals surface area contributed by atoms with Gasteiger partial charge in [-0.05, 0) is 19.0 Å². The monoisotopic (exact) mass is 404 g/mol. The maximum atomic E-state index is 12.5. The summed E-state index contributed by atoms with van der Waals surface area (Å²) in [7, 11) is 1.64. The fraction of sp³-hybridized carbons (Fsp3) is 0.619. The second-order valence-electron chi connectivity index (χ2n) is 7.45. The van der Waals surface area contributed by atoms with Crippen LogP contribution in [-0.2, 0) is 20.9 Å². The maximum Gasteiger partial charge on any atom is 0.237 e. The predicted octanol–water partition coefficient (Wildman–Crippen LogP) is 0.224. The molecule has 3 rings (SSSR count). The fourth-order valence-corrected chi connectivity index (χ4v) is 3.83. The predicted molar refractivity (Wildman–Crippen MR) is 110 cm³/mol. The Bertz CT molecular complexity index is 678. The first-order valence-corrected chi connectivity index (χ1v) is 10.4. The first kappa shape index (κ1) is 21.5. The zero-order chi connectivity index (χ0) is 20.5. The Morgan fingerprint density at radius 2 is 2.07 bits per heavy atom. The van der Waals surface area contributed by atoms with Gasteiger partial charge in [-0.1, -0.05) is 18.2 Å². The Hall–Kier alpha value is -2.16. The second-order valence-corrected chi connectivity index (χ2v) is 7.45. The van der Waals surface area contributed by atoms with E-state index >= 15 is 0 Å². The maximum absolute atomic E-state index is 12.5. The number of carbonyl (C=O) groups excluding carboxylic acids is 2. The van der Waals surface area contributed by atoms with E-state index in [0.29, 0.717) is 26.2 Å². The lowest BCUT2D eigenvalue weighted by Crippen LogP contribution is -2.56. The Balaban J connectivity index is 1.48. The van der Waals surface area contributed by atoms with E-state index in [9.17, 15) is 9.59 Å². The Morgan fingerprint density at radius 3 is 2.86 bits per heavy atom. The van der Waals surface area contributed by atoms with E-state index in [1.807, 2.05) is 24.3 Å². The summed E-state index contributed by atoms with van der Waals surface area (Å²) < 4.78 is 10.8. The third kappa shape index (κ3) is 6.42. The van der Waals surface area contributed by atoms with Crippen LogP contribution in [0.15, 0.2) is 24.3 Å². The number of rotatable bonds is 9. The number of methoxy groups -OCH3 is 1. The zero-order valence-corrected chi connectivity index (χ0v) is 17.2. The average Bonchev–Trinajstić information content (AvgIpc) is 2.75. The highest BCUT2D eigenvalue weighted by Gasteiger charge is 2.31. The van der Waals surface area contributed by atoms with E-state index in [4.69, 9.17) is 9.47 Å². The molecule has 0 saturated carbocycles. The van der Waals surface area contributed by atoms with E-state index in [1.165, 1.54) is 0 Å². The largest absolute Gasteiger partial charge is 0.496 e. The normalized spacial score (nSPS) is 20.9. The second kappa shape index (κ2) is 11.1. The lowest BCUT2D eigenvalue weighted by Gasteiger charge is -2.35. The van der Waals surface area contributed by atoms with Gasteiger partial charge < -0.3 is 20.1 Å². The Kier molecular flexibility index (Phi) is 8.27. The first-order chi connectivity index (χ1) is 14.2. The van der Waals surface area contributed by atoms with Gasteiger partial charge in [0.25, 0.3) is 0 Å². The molecule has 1 aromatic rings. The molecule has 2 aliphatic rings. The molecule has 0 radical (unpaired) electrons. The molecule has 8 nitrogen and oxygen atoms in total. The van der Waals surface area contributed by atoms with E-state index in [2.05, 4.69) is 20.4 Å². The van der Waals surface area contributed by atoms with Gasteiger partial charge in [-0.3, -0.25) is 19.4 Å². The van der Waals surface area contributed by atoms with Gasteiger partial charge in [-0.2, -0.15) is 0 Å². The molecule has 0 spiro atoms. The molecule has 2 saturated heterocycles. The summed E-state index contributed by atoms with van der Waals surface area (Å²) in [6.07, 6.45) is 1.06. The van der Waals surface area contributed by atoms with Crippen LogP contribution < -0.4 is 15.4 Å². The minimum atomic E-state index is -0.465. The summed E-state index contributed by atoms with van der Waals surface area (Å²) in [5, 5.41) is 5.85. The van der Waals surface area contributed by atoms with Crippen molar-refractivity contribution in [1.29, 1.82) is 0 Å². The lowest BCUT2D eigenvalue weighted by atomic mass is 10.1.